The van der Waals surface area contributed by atoms with Crippen LogP contribution in [0, 0.1) is 0 Å². The molecule has 1 aliphatic heterocycles. The van der Waals surface area contributed by atoms with Gasteiger partial charge in [0.25, 0.3) is 0 Å². The van der Waals surface area contributed by atoms with Gasteiger partial charge in [-0.3, -0.25) is 0 Å². The van der Waals surface area contributed by atoms with Crippen LogP contribution in [-0.4, -0.2) is 16.1 Å². The summed E-state index contributed by atoms with van der Waals surface area (Å²) >= 11 is 3.73. The van der Waals surface area contributed by atoms with Crippen LogP contribution in [0.4, 0.5) is 0 Å². The summed E-state index contributed by atoms with van der Waals surface area (Å²) in [6.45, 7) is 0. The summed E-state index contributed by atoms with van der Waals surface area (Å²) in [5.74, 6) is 0.734. The molecule has 0 saturated carbocycles. The second-order valence-corrected chi connectivity index (χ2v) is 19.3. The third-order valence-electron chi connectivity index (χ3n) is 13.5. The molecule has 0 unspecified atom stereocenters. The van der Waals surface area contributed by atoms with Gasteiger partial charge in [0.2, 0.25) is 0 Å². The van der Waals surface area contributed by atoms with E-state index in [1.165, 1.54) is 100 Å². The van der Waals surface area contributed by atoms with Gasteiger partial charge in [0.05, 0.1) is 32.8 Å². The maximum atomic E-state index is 5.72. The zero-order valence-electron chi connectivity index (χ0n) is 35.1. The summed E-state index contributed by atoms with van der Waals surface area (Å²) in [5.41, 5.74) is 8.95. The van der Waals surface area contributed by atoms with Crippen molar-refractivity contribution in [3.8, 4) is 5.69 Å². The van der Waals surface area contributed by atoms with Crippen LogP contribution < -0.4 is 0 Å². The quantitative estimate of drug-likeness (QED) is 0.169. The number of hydrogen-bond donors (Lipinski definition) is 0. The molecule has 0 N–H and O–H groups in total. The van der Waals surface area contributed by atoms with Crippen molar-refractivity contribution in [2.75, 3.05) is 0 Å². The van der Waals surface area contributed by atoms with Crippen molar-refractivity contribution in [1.29, 1.82) is 0 Å². The Hall–Kier alpha value is -7.70. The maximum absolute atomic E-state index is 5.72. The van der Waals surface area contributed by atoms with Crippen LogP contribution in [0.3, 0.4) is 0 Å². The highest BCUT2D eigenvalue weighted by molar-refractivity contribution is 7.26. The summed E-state index contributed by atoms with van der Waals surface area (Å²) in [5, 5.41) is 14.8. The second kappa shape index (κ2) is 14.4. The first-order valence-electron chi connectivity index (χ1n) is 22.3. The Morgan fingerprint density at radius 1 is 0.400 bits per heavy atom. The van der Waals surface area contributed by atoms with Crippen LogP contribution >= 0.6 is 22.7 Å². The maximum Gasteiger partial charge on any atom is 0.160 e. The fourth-order valence-electron chi connectivity index (χ4n) is 10.5. The molecule has 0 saturated heterocycles. The lowest BCUT2D eigenvalue weighted by Gasteiger charge is -2.17. The summed E-state index contributed by atoms with van der Waals surface area (Å²) in [6, 6.07) is 71.2. The van der Waals surface area contributed by atoms with Crippen molar-refractivity contribution in [3.05, 3.63) is 217 Å². The van der Waals surface area contributed by atoms with Gasteiger partial charge in [0, 0.05) is 63.1 Å². The van der Waals surface area contributed by atoms with Gasteiger partial charge >= 0.3 is 0 Å². The lowest BCUT2D eigenvalue weighted by Crippen LogP contribution is -2.10. The normalized spacial score (nSPS) is 16.1. The average Bonchev–Trinajstić information content (AvgIpc) is 4.02. The van der Waals surface area contributed by atoms with Gasteiger partial charge in [-0.2, -0.15) is 0 Å². The van der Waals surface area contributed by atoms with E-state index in [2.05, 4.69) is 205 Å². The molecule has 0 bridgehead atoms. The van der Waals surface area contributed by atoms with E-state index in [-0.39, 0.29) is 0 Å². The lowest BCUT2D eigenvalue weighted by atomic mass is 9.96. The Morgan fingerprint density at radius 2 is 0.954 bits per heavy atom. The highest BCUT2D eigenvalue weighted by Crippen LogP contribution is 2.46. The molecule has 304 valence electrons. The third kappa shape index (κ3) is 5.72. The largest absolute Gasteiger partial charge is 0.308 e. The SMILES string of the molecule is C1=C(c2ccc(-n3c4cc5ccccc5cc4c4cc5ccccc5cc43)c3sc4ccccc4c23)/N=C(c2cccc3ccccc23)\N=C(\c2cccc3sc4ccccc4c23)CC\1. The molecule has 0 amide bonds. The van der Waals surface area contributed by atoms with Crippen molar-refractivity contribution in [1.82, 2.24) is 4.57 Å². The predicted octanol–water partition coefficient (Wildman–Crippen LogP) is 17.0. The second-order valence-electron chi connectivity index (χ2n) is 17.1. The molecule has 3 aromatic heterocycles. The van der Waals surface area contributed by atoms with Crippen molar-refractivity contribution in [3.63, 3.8) is 0 Å². The Balaban J connectivity index is 1.03. The smallest absolute Gasteiger partial charge is 0.160 e. The van der Waals surface area contributed by atoms with Crippen LogP contribution in [0.2, 0.25) is 0 Å². The van der Waals surface area contributed by atoms with Gasteiger partial charge < -0.3 is 4.57 Å². The molecule has 1 aliphatic rings. The van der Waals surface area contributed by atoms with Crippen LogP contribution in [-0.2, 0) is 0 Å². The molecule has 0 radical (unpaired) electrons. The molecular weight excluding hydrogens is 827 g/mol. The Bertz CT molecular complexity index is 4150. The van der Waals surface area contributed by atoms with Gasteiger partial charge in [-0.1, -0.05) is 152 Å². The van der Waals surface area contributed by atoms with E-state index in [4.69, 9.17) is 9.98 Å². The zero-order valence-corrected chi connectivity index (χ0v) is 36.8. The predicted molar refractivity (Wildman–Crippen MR) is 282 cm³/mol. The fraction of sp³-hybridized carbons (Fsp3) is 0.0333. The van der Waals surface area contributed by atoms with Gasteiger partial charge in [-0.05, 0) is 93.7 Å². The van der Waals surface area contributed by atoms with Gasteiger partial charge in [-0.15, -0.1) is 22.7 Å². The number of allylic oxidation sites excluding steroid dienone is 1. The summed E-state index contributed by atoms with van der Waals surface area (Å²) in [7, 11) is 0. The first-order valence-corrected chi connectivity index (χ1v) is 23.9. The molecule has 4 heterocycles. The van der Waals surface area contributed by atoms with Crippen LogP contribution in [0.1, 0.15) is 29.5 Å². The Morgan fingerprint density at radius 3 is 1.68 bits per heavy atom. The minimum absolute atomic E-state index is 0.734. The number of nitrogens with zero attached hydrogens (tertiary/aromatic N) is 3. The highest BCUT2D eigenvalue weighted by Gasteiger charge is 2.23. The van der Waals surface area contributed by atoms with E-state index in [1.54, 1.807) is 0 Å². The highest BCUT2D eigenvalue weighted by atomic mass is 32.1. The zero-order chi connectivity index (χ0) is 42.6. The molecular formula is C60H37N3S2. The number of thiophene rings is 2. The lowest BCUT2D eigenvalue weighted by molar-refractivity contribution is 1.09. The summed E-state index contributed by atoms with van der Waals surface area (Å²) in [4.78, 5) is 11.4. The minimum Gasteiger partial charge on any atom is -0.308 e. The number of aliphatic imine (C=N–C) groups is 2. The van der Waals surface area contributed by atoms with Crippen LogP contribution in [0.15, 0.2) is 210 Å². The first kappa shape index (κ1) is 36.8. The molecule has 0 aliphatic carbocycles. The average molecular weight is 864 g/mol. The molecule has 3 nitrogen and oxygen atoms in total. The van der Waals surface area contributed by atoms with E-state index in [1.807, 2.05) is 22.7 Å². The minimum atomic E-state index is 0.734. The Kier molecular flexibility index (Phi) is 8.15. The summed E-state index contributed by atoms with van der Waals surface area (Å²) < 4.78 is 7.60. The summed E-state index contributed by atoms with van der Waals surface area (Å²) in [6.07, 6.45) is 3.95. The monoisotopic (exact) mass is 863 g/mol. The fourth-order valence-corrected chi connectivity index (χ4v) is 12.9. The van der Waals surface area contributed by atoms with Crippen molar-refractivity contribution in [2.45, 2.75) is 12.8 Å². The molecule has 0 atom stereocenters. The number of rotatable bonds is 4. The van der Waals surface area contributed by atoms with Crippen molar-refractivity contribution in [2.24, 2.45) is 9.98 Å². The molecule has 10 aromatic carbocycles. The van der Waals surface area contributed by atoms with E-state index in [0.29, 0.717) is 0 Å². The number of fused-ring (bicyclic) bond motifs is 12. The van der Waals surface area contributed by atoms with Gasteiger partial charge in [0.15, 0.2) is 5.84 Å². The standard InChI is InChI=1S/C60H37N3S2/c1-3-17-39-34-52-47(32-37(39)15-1)48-33-38-16-2-4-18-40(38)35-53(48)63(52)51-31-30-44(58-46-22-8-10-28-55(46)65-59(51)58)50-26-13-25-49(43-24-12-29-56-57(43)45-21-7-9-27-54(45)64-56)61-60(62-50)42-23-11-19-36-14-5-6-20-41(36)42/h1-12,14-24,26-35H,13,25H2/b50-26-,61-49+,62-60-. The van der Waals surface area contributed by atoms with E-state index in [0.717, 1.165) is 46.6 Å². The molecule has 14 rings (SSSR count). The topological polar surface area (TPSA) is 29.6 Å². The van der Waals surface area contributed by atoms with Gasteiger partial charge in [-0.25, -0.2) is 9.98 Å². The Labute approximate surface area is 382 Å². The van der Waals surface area contributed by atoms with Crippen molar-refractivity contribution < 1.29 is 0 Å². The number of hydrogen-bond acceptors (Lipinski definition) is 4. The van der Waals surface area contributed by atoms with Gasteiger partial charge in [0.1, 0.15) is 0 Å². The van der Waals surface area contributed by atoms with Crippen molar-refractivity contribution >= 4 is 134 Å². The molecule has 13 aromatic rings. The first-order chi connectivity index (χ1) is 32.2. The number of aromatic nitrogens is 1. The molecule has 0 fully saturated rings. The molecule has 0 spiro atoms. The van der Waals surface area contributed by atoms with E-state index in [9.17, 15) is 0 Å². The van der Waals surface area contributed by atoms with Crippen LogP contribution in [0.5, 0.6) is 0 Å². The molecule has 65 heavy (non-hydrogen) atoms. The molecule has 5 heteroatoms. The third-order valence-corrected chi connectivity index (χ3v) is 15.8. The van der Waals surface area contributed by atoms with Crippen LogP contribution in [0.25, 0.3) is 106 Å². The van der Waals surface area contributed by atoms with E-state index < -0.39 is 0 Å². The van der Waals surface area contributed by atoms with E-state index >= 15 is 0 Å². The number of amidine groups is 1. The number of benzene rings is 10.